The maximum atomic E-state index is 11.9. The molecular formula is C14H11Cl2NO4. The van der Waals surface area contributed by atoms with Gasteiger partial charge in [-0.25, -0.2) is 0 Å². The van der Waals surface area contributed by atoms with Gasteiger partial charge in [0.2, 0.25) is 11.7 Å². The molecule has 0 fully saturated rings. The van der Waals surface area contributed by atoms with E-state index in [1.54, 1.807) is 0 Å². The Hall–Kier alpha value is -2.11. The first-order valence-corrected chi connectivity index (χ1v) is 6.61. The second-order valence-corrected chi connectivity index (χ2v) is 5.20. The Kier molecular flexibility index (Phi) is 4.45. The van der Waals surface area contributed by atoms with E-state index in [1.807, 2.05) is 0 Å². The molecule has 0 aliphatic heterocycles. The van der Waals surface area contributed by atoms with Crippen LogP contribution in [0.5, 0.6) is 17.2 Å². The second kappa shape index (κ2) is 6.11. The summed E-state index contributed by atoms with van der Waals surface area (Å²) in [6, 6.07) is 7.12. The quantitative estimate of drug-likeness (QED) is 0.651. The van der Waals surface area contributed by atoms with Gasteiger partial charge >= 0.3 is 0 Å². The molecule has 0 bridgehead atoms. The number of rotatable bonds is 3. The van der Waals surface area contributed by atoms with E-state index in [2.05, 4.69) is 5.32 Å². The molecule has 0 spiro atoms. The van der Waals surface area contributed by atoms with Crippen LogP contribution in [0.2, 0.25) is 10.0 Å². The number of carbonyl (C=O) groups excluding carboxylic acids is 1. The monoisotopic (exact) mass is 327 g/mol. The minimum atomic E-state index is -0.661. The lowest BCUT2D eigenvalue weighted by Gasteiger charge is -2.09. The Morgan fingerprint density at radius 1 is 1.00 bits per heavy atom. The van der Waals surface area contributed by atoms with Gasteiger partial charge in [-0.15, -0.1) is 0 Å². The third-order valence-corrected chi connectivity index (χ3v) is 3.15. The highest BCUT2D eigenvalue weighted by atomic mass is 35.5. The van der Waals surface area contributed by atoms with Crippen molar-refractivity contribution in [1.82, 2.24) is 0 Å². The zero-order valence-corrected chi connectivity index (χ0v) is 12.1. The highest BCUT2D eigenvalue weighted by Crippen LogP contribution is 2.37. The lowest BCUT2D eigenvalue weighted by Crippen LogP contribution is -2.14. The van der Waals surface area contributed by atoms with E-state index >= 15 is 0 Å². The lowest BCUT2D eigenvalue weighted by atomic mass is 10.1. The van der Waals surface area contributed by atoms with Gasteiger partial charge in [-0.1, -0.05) is 29.3 Å². The Morgan fingerprint density at radius 2 is 1.62 bits per heavy atom. The third-order valence-electron chi connectivity index (χ3n) is 2.71. The summed E-state index contributed by atoms with van der Waals surface area (Å²) in [4.78, 5) is 11.9. The molecule has 21 heavy (non-hydrogen) atoms. The normalized spacial score (nSPS) is 10.4. The van der Waals surface area contributed by atoms with Crippen molar-refractivity contribution in [1.29, 1.82) is 0 Å². The second-order valence-electron chi connectivity index (χ2n) is 4.32. The molecule has 0 saturated carbocycles. The minimum absolute atomic E-state index is 0.177. The van der Waals surface area contributed by atoms with Crippen LogP contribution in [0.25, 0.3) is 0 Å². The Bertz CT molecular complexity index is 683. The fraction of sp³-hybridized carbons (Fsp3) is 0.0714. The van der Waals surface area contributed by atoms with Gasteiger partial charge < -0.3 is 20.6 Å². The summed E-state index contributed by atoms with van der Waals surface area (Å²) in [7, 11) is 0. The molecule has 4 N–H and O–H groups in total. The van der Waals surface area contributed by atoms with Crippen molar-refractivity contribution >= 4 is 34.8 Å². The van der Waals surface area contributed by atoms with Crippen LogP contribution in [0, 0.1) is 0 Å². The molecule has 0 heterocycles. The standard InChI is InChI=1S/C14H11Cl2NO4/c15-8-4-9(16)6-10(5-8)17-12(19)3-7-1-2-11(18)14(21)13(7)20/h1-2,4-6,18,20-21H,3H2,(H,17,19). The summed E-state index contributed by atoms with van der Waals surface area (Å²) < 4.78 is 0. The molecule has 0 aromatic heterocycles. The fourth-order valence-corrected chi connectivity index (χ4v) is 2.28. The zero-order valence-electron chi connectivity index (χ0n) is 10.6. The summed E-state index contributed by atoms with van der Waals surface area (Å²) in [5.74, 6) is -2.09. The molecule has 0 radical (unpaired) electrons. The molecule has 2 rings (SSSR count). The van der Waals surface area contributed by atoms with Gasteiger partial charge in [-0.2, -0.15) is 0 Å². The number of hydrogen-bond donors (Lipinski definition) is 4. The van der Waals surface area contributed by atoms with Gasteiger partial charge in [-0.05, 0) is 24.3 Å². The largest absolute Gasteiger partial charge is 0.504 e. The number of anilines is 1. The van der Waals surface area contributed by atoms with E-state index in [0.717, 1.165) is 0 Å². The first-order chi connectivity index (χ1) is 9.86. The highest BCUT2D eigenvalue weighted by Gasteiger charge is 2.14. The van der Waals surface area contributed by atoms with Crippen molar-refractivity contribution in [2.45, 2.75) is 6.42 Å². The molecule has 5 nitrogen and oxygen atoms in total. The smallest absolute Gasteiger partial charge is 0.228 e. The molecule has 0 unspecified atom stereocenters. The molecule has 7 heteroatoms. The molecular weight excluding hydrogens is 317 g/mol. The number of halogens is 2. The number of carbonyl (C=O) groups is 1. The van der Waals surface area contributed by atoms with Crippen molar-refractivity contribution in [3.8, 4) is 17.2 Å². The Morgan fingerprint density at radius 3 is 2.24 bits per heavy atom. The summed E-state index contributed by atoms with van der Waals surface area (Å²) >= 11 is 11.6. The van der Waals surface area contributed by atoms with Crippen LogP contribution >= 0.6 is 23.2 Å². The Labute approximate surface area is 130 Å². The highest BCUT2D eigenvalue weighted by molar-refractivity contribution is 6.35. The van der Waals surface area contributed by atoms with Crippen LogP contribution in [-0.4, -0.2) is 21.2 Å². The van der Waals surface area contributed by atoms with Crippen molar-refractivity contribution < 1.29 is 20.1 Å². The number of aromatic hydroxyl groups is 3. The average Bonchev–Trinajstić information content (AvgIpc) is 2.38. The number of amides is 1. The summed E-state index contributed by atoms with van der Waals surface area (Å²) in [6.45, 7) is 0. The van der Waals surface area contributed by atoms with Crippen LogP contribution in [0.3, 0.4) is 0 Å². The third kappa shape index (κ3) is 3.71. The van der Waals surface area contributed by atoms with Crippen LogP contribution in [0.15, 0.2) is 30.3 Å². The maximum Gasteiger partial charge on any atom is 0.228 e. The van der Waals surface area contributed by atoms with Crippen molar-refractivity contribution in [3.05, 3.63) is 45.9 Å². The van der Waals surface area contributed by atoms with Gasteiger partial charge in [0.05, 0.1) is 6.42 Å². The Balaban J connectivity index is 2.13. The predicted molar refractivity (Wildman–Crippen MR) is 80.2 cm³/mol. The number of nitrogens with one attached hydrogen (secondary N) is 1. The van der Waals surface area contributed by atoms with Crippen LogP contribution in [-0.2, 0) is 11.2 Å². The van der Waals surface area contributed by atoms with Gasteiger partial charge in [0, 0.05) is 21.3 Å². The van der Waals surface area contributed by atoms with E-state index in [4.69, 9.17) is 23.2 Å². The SMILES string of the molecule is O=C(Cc1ccc(O)c(O)c1O)Nc1cc(Cl)cc(Cl)c1. The molecule has 0 aliphatic rings. The van der Waals surface area contributed by atoms with Gasteiger partial charge in [0.1, 0.15) is 0 Å². The van der Waals surface area contributed by atoms with E-state index in [1.165, 1.54) is 30.3 Å². The van der Waals surface area contributed by atoms with E-state index in [9.17, 15) is 20.1 Å². The first kappa shape index (κ1) is 15.3. The minimum Gasteiger partial charge on any atom is -0.504 e. The van der Waals surface area contributed by atoms with E-state index in [-0.39, 0.29) is 12.0 Å². The molecule has 0 atom stereocenters. The molecule has 0 saturated heterocycles. The summed E-state index contributed by atoms with van der Waals surface area (Å²) in [6.07, 6.45) is -0.191. The number of phenolic OH excluding ortho intramolecular Hbond substituents is 3. The van der Waals surface area contributed by atoms with Crippen molar-refractivity contribution in [2.24, 2.45) is 0 Å². The molecule has 0 aliphatic carbocycles. The van der Waals surface area contributed by atoms with E-state index < -0.39 is 23.2 Å². The lowest BCUT2D eigenvalue weighted by molar-refractivity contribution is -0.115. The zero-order chi connectivity index (χ0) is 15.6. The molecule has 1 amide bonds. The predicted octanol–water partition coefficient (Wildman–Crippen LogP) is 3.29. The summed E-state index contributed by atoms with van der Waals surface area (Å²) in [5.41, 5.74) is 0.593. The number of benzene rings is 2. The summed E-state index contributed by atoms with van der Waals surface area (Å²) in [5, 5.41) is 31.6. The van der Waals surface area contributed by atoms with Crippen molar-refractivity contribution in [2.75, 3.05) is 5.32 Å². The molecule has 2 aromatic rings. The topological polar surface area (TPSA) is 89.8 Å². The average molecular weight is 328 g/mol. The van der Waals surface area contributed by atoms with Crippen molar-refractivity contribution in [3.63, 3.8) is 0 Å². The van der Waals surface area contributed by atoms with Gasteiger partial charge in [-0.3, -0.25) is 4.79 Å². The first-order valence-electron chi connectivity index (χ1n) is 5.85. The molecule has 2 aromatic carbocycles. The van der Waals surface area contributed by atoms with Crippen LogP contribution in [0.1, 0.15) is 5.56 Å². The van der Waals surface area contributed by atoms with Crippen LogP contribution in [0.4, 0.5) is 5.69 Å². The number of phenols is 3. The van der Waals surface area contributed by atoms with E-state index in [0.29, 0.717) is 15.7 Å². The number of hydrogen-bond acceptors (Lipinski definition) is 4. The fourth-order valence-electron chi connectivity index (χ4n) is 1.76. The maximum absolute atomic E-state index is 11.9. The molecule has 110 valence electrons. The van der Waals surface area contributed by atoms with Gasteiger partial charge in [0.15, 0.2) is 11.5 Å². The van der Waals surface area contributed by atoms with Gasteiger partial charge in [0.25, 0.3) is 0 Å². The van der Waals surface area contributed by atoms with Crippen LogP contribution < -0.4 is 5.32 Å².